The maximum absolute atomic E-state index is 13.8. The fourth-order valence-corrected chi connectivity index (χ4v) is 5.32. The van der Waals surface area contributed by atoms with Gasteiger partial charge in [0, 0.05) is 5.56 Å². The molecule has 3 rings (SSSR count). The van der Waals surface area contributed by atoms with E-state index in [1.807, 2.05) is 42.5 Å². The lowest BCUT2D eigenvalue weighted by molar-refractivity contribution is 0.214. The highest BCUT2D eigenvalue weighted by atomic mass is 35.5. The molecule has 5 nitrogen and oxygen atoms in total. The van der Waals surface area contributed by atoms with Gasteiger partial charge >= 0.3 is 7.60 Å². The molecule has 0 saturated heterocycles. The molecule has 0 aromatic heterocycles. The number of phenols is 1. The molecule has 3 aromatic carbocycles. The number of hydrogen-bond acceptors (Lipinski definition) is 5. The second-order valence-electron chi connectivity index (χ2n) is 6.12. The zero-order valence-electron chi connectivity index (χ0n) is 15.8. The molecule has 0 radical (unpaired) electrons. The van der Waals surface area contributed by atoms with Crippen LogP contribution in [0.4, 0.5) is 5.69 Å². The Hall–Kier alpha value is -2.04. The molecule has 0 aliphatic heterocycles. The Morgan fingerprint density at radius 2 is 1.64 bits per heavy atom. The highest BCUT2D eigenvalue weighted by Crippen LogP contribution is 2.63. The van der Waals surface area contributed by atoms with Crippen LogP contribution in [0, 0.1) is 0 Å². The maximum atomic E-state index is 13.8. The van der Waals surface area contributed by atoms with Crippen LogP contribution in [0.5, 0.6) is 5.75 Å². The van der Waals surface area contributed by atoms with Crippen molar-refractivity contribution in [1.29, 1.82) is 0 Å². The molecule has 0 fully saturated rings. The maximum Gasteiger partial charge on any atom is 0.357 e. The number of para-hydroxylation sites is 1. The van der Waals surface area contributed by atoms with E-state index in [2.05, 4.69) is 5.32 Å². The van der Waals surface area contributed by atoms with Crippen molar-refractivity contribution in [2.45, 2.75) is 19.6 Å². The Morgan fingerprint density at radius 1 is 1.00 bits per heavy atom. The lowest BCUT2D eigenvalue weighted by atomic mass is 10.0. The molecule has 0 aliphatic carbocycles. The Labute approximate surface area is 169 Å². The van der Waals surface area contributed by atoms with Crippen LogP contribution in [0.15, 0.2) is 60.7 Å². The molecular weight excluding hydrogens is 397 g/mol. The molecule has 0 amide bonds. The Balaban J connectivity index is 2.23. The first-order chi connectivity index (χ1) is 13.5. The molecule has 0 aliphatic rings. The molecule has 148 valence electrons. The van der Waals surface area contributed by atoms with Crippen LogP contribution < -0.4 is 5.32 Å². The molecule has 0 bridgehead atoms. The number of rotatable bonds is 8. The number of hydrogen-bond donors (Lipinski definition) is 2. The van der Waals surface area contributed by atoms with E-state index in [9.17, 15) is 9.67 Å². The number of nitrogens with one attached hydrogen (secondary N) is 1. The van der Waals surface area contributed by atoms with Gasteiger partial charge in [-0.15, -0.1) is 0 Å². The van der Waals surface area contributed by atoms with Crippen molar-refractivity contribution < 1.29 is 18.7 Å². The van der Waals surface area contributed by atoms with Crippen LogP contribution in [-0.2, 0) is 13.6 Å². The summed E-state index contributed by atoms with van der Waals surface area (Å²) >= 11 is 6.32. The van der Waals surface area contributed by atoms with E-state index >= 15 is 0 Å². The number of benzene rings is 3. The van der Waals surface area contributed by atoms with Gasteiger partial charge in [-0.2, -0.15) is 0 Å². The van der Waals surface area contributed by atoms with Crippen molar-refractivity contribution in [2.75, 3.05) is 18.5 Å². The van der Waals surface area contributed by atoms with Crippen LogP contribution in [0.25, 0.3) is 10.8 Å². The van der Waals surface area contributed by atoms with Crippen LogP contribution >= 0.6 is 19.2 Å². The number of aromatic hydroxyl groups is 1. The molecule has 0 spiro atoms. The zero-order valence-corrected chi connectivity index (χ0v) is 17.4. The van der Waals surface area contributed by atoms with E-state index in [1.54, 1.807) is 32.0 Å². The average Bonchev–Trinajstić information content (AvgIpc) is 2.68. The van der Waals surface area contributed by atoms with Gasteiger partial charge in [0.25, 0.3) is 0 Å². The summed E-state index contributed by atoms with van der Waals surface area (Å²) in [6.07, 6.45) is 0. The molecule has 7 heteroatoms. The first-order valence-electron chi connectivity index (χ1n) is 9.10. The van der Waals surface area contributed by atoms with E-state index in [4.69, 9.17) is 20.6 Å². The largest absolute Gasteiger partial charge is 0.508 e. The zero-order chi connectivity index (χ0) is 20.1. The van der Waals surface area contributed by atoms with Gasteiger partial charge in [0.1, 0.15) is 5.75 Å². The van der Waals surface area contributed by atoms with Gasteiger partial charge in [0.15, 0.2) is 5.78 Å². The Kier molecular flexibility index (Phi) is 6.63. The monoisotopic (exact) mass is 419 g/mol. The van der Waals surface area contributed by atoms with Crippen molar-refractivity contribution in [3.63, 3.8) is 0 Å². The average molecular weight is 420 g/mol. The minimum Gasteiger partial charge on any atom is -0.508 e. The second kappa shape index (κ2) is 8.97. The highest BCUT2D eigenvalue weighted by Gasteiger charge is 2.40. The van der Waals surface area contributed by atoms with Gasteiger partial charge in [-0.25, -0.2) is 0 Å². The molecule has 3 aromatic rings. The van der Waals surface area contributed by atoms with E-state index in [-0.39, 0.29) is 19.0 Å². The summed E-state index contributed by atoms with van der Waals surface area (Å²) in [5.74, 6) is -0.943. The normalized spacial score (nSPS) is 12.8. The van der Waals surface area contributed by atoms with E-state index in [0.717, 1.165) is 10.8 Å². The van der Waals surface area contributed by atoms with Gasteiger partial charge < -0.3 is 19.5 Å². The highest BCUT2D eigenvalue weighted by molar-refractivity contribution is 7.54. The first-order valence-corrected chi connectivity index (χ1v) is 11.1. The van der Waals surface area contributed by atoms with Crippen molar-refractivity contribution in [2.24, 2.45) is 0 Å². The fourth-order valence-electron chi connectivity index (χ4n) is 3.15. The van der Waals surface area contributed by atoms with Crippen LogP contribution in [0.2, 0.25) is 5.02 Å². The number of phenolic OH excluding ortho intramolecular Hbond substituents is 1. The lowest BCUT2D eigenvalue weighted by Crippen LogP contribution is -2.16. The third kappa shape index (κ3) is 4.18. The van der Waals surface area contributed by atoms with Crippen molar-refractivity contribution >= 4 is 35.7 Å². The van der Waals surface area contributed by atoms with E-state index < -0.39 is 13.4 Å². The van der Waals surface area contributed by atoms with Crippen molar-refractivity contribution in [3.05, 3.63) is 71.2 Å². The minimum absolute atomic E-state index is 0.00267. The second-order valence-corrected chi connectivity index (χ2v) is 8.64. The molecule has 1 unspecified atom stereocenters. The predicted molar refractivity (Wildman–Crippen MR) is 114 cm³/mol. The number of halogens is 1. The molecule has 28 heavy (non-hydrogen) atoms. The quantitative estimate of drug-likeness (QED) is 0.404. The molecule has 0 heterocycles. The van der Waals surface area contributed by atoms with Gasteiger partial charge in [-0.1, -0.05) is 54.1 Å². The molecular formula is C21H23ClNO4P. The molecule has 2 N–H and O–H groups in total. The SMILES string of the molecule is CCOP(=O)(OCC)C(Nc1ccccc1Cl)c1c(O)ccc2ccccc12. The van der Waals surface area contributed by atoms with Gasteiger partial charge in [-0.3, -0.25) is 4.57 Å². The Bertz CT molecular complexity index is 1000. The van der Waals surface area contributed by atoms with E-state index in [0.29, 0.717) is 16.3 Å². The summed E-state index contributed by atoms with van der Waals surface area (Å²) in [7, 11) is -3.70. The van der Waals surface area contributed by atoms with Crippen LogP contribution in [0.1, 0.15) is 25.2 Å². The third-order valence-corrected chi connectivity index (χ3v) is 6.91. The molecule has 1 atom stereocenters. The van der Waals surface area contributed by atoms with E-state index in [1.165, 1.54) is 0 Å². The van der Waals surface area contributed by atoms with Crippen LogP contribution in [-0.4, -0.2) is 18.3 Å². The van der Waals surface area contributed by atoms with Crippen molar-refractivity contribution in [3.8, 4) is 5.75 Å². The van der Waals surface area contributed by atoms with Gasteiger partial charge in [0.05, 0.1) is 23.9 Å². The smallest absolute Gasteiger partial charge is 0.357 e. The van der Waals surface area contributed by atoms with Crippen molar-refractivity contribution in [1.82, 2.24) is 0 Å². The lowest BCUT2D eigenvalue weighted by Gasteiger charge is -2.29. The fraction of sp³-hybridized carbons (Fsp3) is 0.238. The molecule has 0 saturated carbocycles. The number of anilines is 1. The van der Waals surface area contributed by atoms with Gasteiger partial charge in [0.2, 0.25) is 0 Å². The first kappa shape index (κ1) is 20.7. The number of fused-ring (bicyclic) bond motifs is 1. The summed E-state index contributed by atoms with van der Waals surface area (Å²) in [5, 5.41) is 16.0. The topological polar surface area (TPSA) is 67.8 Å². The minimum atomic E-state index is -3.70. The standard InChI is InChI=1S/C21H23ClNO4P/c1-3-26-28(25,27-4-2)21(23-18-12-8-7-11-17(18)22)20-16-10-6-5-9-15(16)13-14-19(20)24/h5-14,21,23-24H,3-4H2,1-2H3. The summed E-state index contributed by atoms with van der Waals surface area (Å²) in [6.45, 7) is 3.90. The van der Waals surface area contributed by atoms with Gasteiger partial charge in [-0.05, 0) is 42.8 Å². The van der Waals surface area contributed by atoms with Crippen LogP contribution in [0.3, 0.4) is 0 Å². The summed E-state index contributed by atoms with van der Waals surface area (Å²) in [6, 6.07) is 18.1. The summed E-state index contributed by atoms with van der Waals surface area (Å²) < 4.78 is 25.0. The third-order valence-electron chi connectivity index (χ3n) is 4.32. The summed E-state index contributed by atoms with van der Waals surface area (Å²) in [4.78, 5) is 0. The Morgan fingerprint density at radius 3 is 2.32 bits per heavy atom. The predicted octanol–water partition coefficient (Wildman–Crippen LogP) is 6.58. The summed E-state index contributed by atoms with van der Waals surface area (Å²) in [5.41, 5.74) is 1.02.